The molecule has 0 fully saturated rings. The fraction of sp³-hybridized carbons (Fsp3) is 0.125. The van der Waals surface area contributed by atoms with Gasteiger partial charge in [0.25, 0.3) is 5.56 Å². The molecule has 0 aliphatic carbocycles. The summed E-state index contributed by atoms with van der Waals surface area (Å²) in [6, 6.07) is 11.1. The Hall–Kier alpha value is -1.91. The van der Waals surface area contributed by atoms with Crippen LogP contribution in [0.25, 0.3) is 16.6 Å². The molecule has 0 unspecified atom stereocenters. The van der Waals surface area contributed by atoms with Gasteiger partial charge in [-0.2, -0.15) is 0 Å². The molecule has 0 radical (unpaired) electrons. The van der Waals surface area contributed by atoms with Gasteiger partial charge < -0.3 is 4.98 Å². The summed E-state index contributed by atoms with van der Waals surface area (Å²) in [5, 5.41) is 1.18. The number of fused-ring (bicyclic) bond motifs is 1. The number of nitrogens with one attached hydrogen (secondary N) is 1. The van der Waals surface area contributed by atoms with Gasteiger partial charge in [-0.15, -0.1) is 0 Å². The Labute approximate surface area is 131 Å². The zero-order valence-corrected chi connectivity index (χ0v) is 13.2. The predicted octanol–water partition coefficient (Wildman–Crippen LogP) is 4.32. The second-order valence-electron chi connectivity index (χ2n) is 5.05. The third-order valence-corrected chi connectivity index (χ3v) is 3.99. The lowest BCUT2D eigenvalue weighted by Crippen LogP contribution is -2.21. The Morgan fingerprint density at radius 3 is 2.67 bits per heavy atom. The first-order valence-corrected chi connectivity index (χ1v) is 7.28. The van der Waals surface area contributed by atoms with E-state index in [4.69, 9.17) is 23.8 Å². The van der Waals surface area contributed by atoms with Crippen LogP contribution < -0.4 is 5.56 Å². The number of aryl methyl sites for hydroxylation is 2. The van der Waals surface area contributed by atoms with Crippen molar-refractivity contribution in [3.05, 3.63) is 67.7 Å². The van der Waals surface area contributed by atoms with Gasteiger partial charge in [-0.3, -0.25) is 9.36 Å². The van der Waals surface area contributed by atoms with Crippen molar-refractivity contribution in [1.82, 2.24) is 9.55 Å². The number of H-pyrrole nitrogens is 1. The number of rotatable bonds is 1. The molecule has 1 N–H and O–H groups in total. The number of nitrogens with zero attached hydrogens (tertiary/aromatic N) is 1. The first-order valence-electron chi connectivity index (χ1n) is 6.49. The summed E-state index contributed by atoms with van der Waals surface area (Å²) >= 11 is 11.4. The molecule has 0 saturated carbocycles. The molecule has 3 nitrogen and oxygen atoms in total. The van der Waals surface area contributed by atoms with Crippen molar-refractivity contribution in [3.63, 3.8) is 0 Å². The molecule has 0 bridgehead atoms. The largest absolute Gasteiger partial charge is 0.331 e. The van der Waals surface area contributed by atoms with Gasteiger partial charge in [0.05, 0.1) is 16.6 Å². The predicted molar refractivity (Wildman–Crippen MR) is 89.2 cm³/mol. The van der Waals surface area contributed by atoms with Crippen LogP contribution in [0, 0.1) is 18.6 Å². The first kappa shape index (κ1) is 14.0. The molecule has 0 saturated heterocycles. The van der Waals surface area contributed by atoms with Gasteiger partial charge in [-0.1, -0.05) is 29.3 Å². The molecule has 0 atom stereocenters. The summed E-state index contributed by atoms with van der Waals surface area (Å²) in [5.41, 5.74) is 3.28. The molecule has 0 spiro atoms. The van der Waals surface area contributed by atoms with Crippen molar-refractivity contribution in [2.24, 2.45) is 0 Å². The lowest BCUT2D eigenvalue weighted by atomic mass is 10.1. The van der Waals surface area contributed by atoms with E-state index in [0.29, 0.717) is 20.9 Å². The quantitative estimate of drug-likeness (QED) is 0.679. The number of halogens is 1. The molecule has 3 rings (SSSR count). The van der Waals surface area contributed by atoms with E-state index in [1.165, 1.54) is 4.57 Å². The van der Waals surface area contributed by atoms with Crippen molar-refractivity contribution in [2.45, 2.75) is 13.8 Å². The molecular formula is C16H13ClN2OS. The maximum atomic E-state index is 12.8. The summed E-state index contributed by atoms with van der Waals surface area (Å²) in [6.07, 6.45) is 0. The summed E-state index contributed by atoms with van der Waals surface area (Å²) in [4.78, 5) is 15.9. The molecular weight excluding hydrogens is 304 g/mol. The van der Waals surface area contributed by atoms with Crippen molar-refractivity contribution < 1.29 is 0 Å². The Morgan fingerprint density at radius 2 is 1.90 bits per heavy atom. The topological polar surface area (TPSA) is 37.8 Å². The van der Waals surface area contributed by atoms with E-state index in [9.17, 15) is 4.79 Å². The lowest BCUT2D eigenvalue weighted by Gasteiger charge is -2.11. The molecule has 3 aromatic rings. The summed E-state index contributed by atoms with van der Waals surface area (Å²) in [7, 11) is 0. The maximum absolute atomic E-state index is 12.8. The Morgan fingerprint density at radius 1 is 1.14 bits per heavy atom. The fourth-order valence-corrected chi connectivity index (χ4v) is 2.83. The third kappa shape index (κ3) is 2.41. The highest BCUT2D eigenvalue weighted by Crippen LogP contribution is 2.19. The maximum Gasteiger partial charge on any atom is 0.266 e. The average Bonchev–Trinajstić information content (AvgIpc) is 2.44. The van der Waals surface area contributed by atoms with E-state index >= 15 is 0 Å². The number of benzene rings is 2. The van der Waals surface area contributed by atoms with Crippen LogP contribution >= 0.6 is 23.8 Å². The molecule has 0 aliphatic rings. The average molecular weight is 317 g/mol. The number of hydrogen-bond acceptors (Lipinski definition) is 2. The molecule has 5 heteroatoms. The van der Waals surface area contributed by atoms with Crippen LogP contribution in [-0.4, -0.2) is 9.55 Å². The molecule has 1 aromatic heterocycles. The molecule has 106 valence electrons. The number of aromatic nitrogens is 2. The SMILES string of the molecule is Cc1ccc2[nH]c(=S)n(-c3cc(Cl)ccc3C)c(=O)c2c1. The highest BCUT2D eigenvalue weighted by atomic mass is 35.5. The fourth-order valence-electron chi connectivity index (χ4n) is 2.37. The van der Waals surface area contributed by atoms with Crippen LogP contribution in [0.5, 0.6) is 0 Å². The standard InChI is InChI=1S/C16H13ClN2OS/c1-9-3-6-13-12(7-9)15(20)19(16(21)18-13)14-8-11(17)5-4-10(14)2/h3-8H,1-2H3,(H,18,21). The zero-order chi connectivity index (χ0) is 15.1. The summed E-state index contributed by atoms with van der Waals surface area (Å²) in [6.45, 7) is 3.88. The van der Waals surface area contributed by atoms with E-state index in [1.807, 2.05) is 38.1 Å². The van der Waals surface area contributed by atoms with E-state index < -0.39 is 0 Å². The third-order valence-electron chi connectivity index (χ3n) is 3.47. The Balaban J connectivity index is 2.46. The van der Waals surface area contributed by atoms with Crippen LogP contribution in [0.2, 0.25) is 5.02 Å². The van der Waals surface area contributed by atoms with E-state index in [1.54, 1.807) is 12.1 Å². The highest BCUT2D eigenvalue weighted by molar-refractivity contribution is 7.71. The zero-order valence-electron chi connectivity index (χ0n) is 11.6. The monoisotopic (exact) mass is 316 g/mol. The van der Waals surface area contributed by atoms with Crippen LogP contribution in [0.1, 0.15) is 11.1 Å². The number of hydrogen-bond donors (Lipinski definition) is 1. The molecule has 0 amide bonds. The van der Waals surface area contributed by atoms with Gasteiger partial charge in [0, 0.05) is 5.02 Å². The molecule has 1 heterocycles. The second-order valence-corrected chi connectivity index (χ2v) is 5.87. The van der Waals surface area contributed by atoms with Crippen LogP contribution in [0.15, 0.2) is 41.2 Å². The van der Waals surface area contributed by atoms with Crippen LogP contribution in [0.4, 0.5) is 0 Å². The van der Waals surface area contributed by atoms with Crippen molar-refractivity contribution in [1.29, 1.82) is 0 Å². The van der Waals surface area contributed by atoms with E-state index in [2.05, 4.69) is 4.98 Å². The van der Waals surface area contributed by atoms with Crippen molar-refractivity contribution in [3.8, 4) is 5.69 Å². The van der Waals surface area contributed by atoms with Gasteiger partial charge in [-0.25, -0.2) is 0 Å². The summed E-state index contributed by atoms with van der Waals surface area (Å²) in [5.74, 6) is 0. The lowest BCUT2D eigenvalue weighted by molar-refractivity contribution is 0.930. The van der Waals surface area contributed by atoms with Crippen LogP contribution in [-0.2, 0) is 0 Å². The number of aromatic amines is 1. The van der Waals surface area contributed by atoms with Crippen molar-refractivity contribution >= 4 is 34.7 Å². The first-order chi connectivity index (χ1) is 9.97. The molecule has 2 aromatic carbocycles. The second kappa shape index (κ2) is 5.13. The van der Waals surface area contributed by atoms with Crippen LogP contribution in [0.3, 0.4) is 0 Å². The van der Waals surface area contributed by atoms with Crippen molar-refractivity contribution in [2.75, 3.05) is 0 Å². The molecule has 21 heavy (non-hydrogen) atoms. The minimum absolute atomic E-state index is 0.136. The van der Waals surface area contributed by atoms with Gasteiger partial charge in [-0.05, 0) is 55.9 Å². The van der Waals surface area contributed by atoms with Gasteiger partial charge in [0.1, 0.15) is 0 Å². The Bertz CT molecular complexity index is 972. The Kier molecular flexibility index (Phi) is 3.43. The minimum atomic E-state index is -0.136. The van der Waals surface area contributed by atoms with Gasteiger partial charge in [0.2, 0.25) is 0 Å². The summed E-state index contributed by atoms with van der Waals surface area (Å²) < 4.78 is 1.86. The molecule has 0 aliphatic heterocycles. The van der Waals surface area contributed by atoms with E-state index in [-0.39, 0.29) is 5.56 Å². The van der Waals surface area contributed by atoms with Gasteiger partial charge in [0.15, 0.2) is 4.77 Å². The smallest absolute Gasteiger partial charge is 0.266 e. The van der Waals surface area contributed by atoms with Gasteiger partial charge >= 0.3 is 0 Å². The minimum Gasteiger partial charge on any atom is -0.331 e. The normalized spacial score (nSPS) is 11.0. The highest BCUT2D eigenvalue weighted by Gasteiger charge is 2.10. The van der Waals surface area contributed by atoms with E-state index in [0.717, 1.165) is 16.6 Å².